The van der Waals surface area contributed by atoms with Crippen LogP contribution in [0.3, 0.4) is 0 Å². The minimum absolute atomic E-state index is 0.0137. The molecule has 3 nitrogen and oxygen atoms in total. The third-order valence-corrected chi connectivity index (χ3v) is 1.90. The largest absolute Gasteiger partial charge is 0.421 e. The zero-order valence-electron chi connectivity index (χ0n) is 6.77. The van der Waals surface area contributed by atoms with Crippen LogP contribution in [-0.2, 0) is 6.18 Å². The van der Waals surface area contributed by atoms with Crippen molar-refractivity contribution in [2.45, 2.75) is 6.18 Å². The van der Waals surface area contributed by atoms with Gasteiger partial charge in [-0.2, -0.15) is 13.2 Å². The second kappa shape index (κ2) is 2.63. The van der Waals surface area contributed by atoms with Crippen molar-refractivity contribution in [1.29, 1.82) is 0 Å². The Morgan fingerprint density at radius 2 is 1.93 bits per heavy atom. The molecule has 2 aromatic heterocycles. The Balaban J connectivity index is 2.81. The fourth-order valence-electron chi connectivity index (χ4n) is 1.24. The number of hydrogen-bond donors (Lipinski definition) is 2. The van der Waals surface area contributed by atoms with Crippen molar-refractivity contribution in [3.05, 3.63) is 34.2 Å². The van der Waals surface area contributed by atoms with Gasteiger partial charge >= 0.3 is 6.18 Å². The molecule has 2 heterocycles. The van der Waals surface area contributed by atoms with Crippen molar-refractivity contribution in [3.63, 3.8) is 0 Å². The summed E-state index contributed by atoms with van der Waals surface area (Å²) in [6.07, 6.45) is -2.54. The fraction of sp³-hybridized carbons (Fsp3) is 0.125. The third-order valence-electron chi connectivity index (χ3n) is 1.90. The van der Waals surface area contributed by atoms with E-state index in [4.69, 9.17) is 0 Å². The van der Waals surface area contributed by atoms with Gasteiger partial charge in [0.1, 0.15) is 11.2 Å². The van der Waals surface area contributed by atoms with Crippen LogP contribution < -0.4 is 5.43 Å². The van der Waals surface area contributed by atoms with Gasteiger partial charge in [-0.25, -0.2) is 0 Å². The van der Waals surface area contributed by atoms with Crippen molar-refractivity contribution in [2.24, 2.45) is 0 Å². The predicted molar refractivity (Wildman–Crippen MR) is 43.9 cm³/mol. The Labute approximate surface area is 75.6 Å². The second-order valence-electron chi connectivity index (χ2n) is 2.80. The summed E-state index contributed by atoms with van der Waals surface area (Å²) in [5, 5.41) is 0.0137. The van der Waals surface area contributed by atoms with E-state index in [2.05, 4.69) is 9.97 Å². The summed E-state index contributed by atoms with van der Waals surface area (Å²) >= 11 is 0. The highest BCUT2D eigenvalue weighted by Crippen LogP contribution is 2.26. The number of halogens is 3. The number of rotatable bonds is 0. The van der Waals surface area contributed by atoms with Crippen LogP contribution in [0.2, 0.25) is 0 Å². The molecule has 0 amide bonds. The lowest BCUT2D eigenvalue weighted by molar-refractivity contribution is -0.138. The SMILES string of the molecule is O=c1c(C(F)(F)F)c[nH]c2[nH]ccc12. The van der Waals surface area contributed by atoms with Crippen LogP contribution in [0.1, 0.15) is 5.56 Å². The zero-order chi connectivity index (χ0) is 10.3. The highest BCUT2D eigenvalue weighted by atomic mass is 19.4. The van der Waals surface area contributed by atoms with Crippen LogP contribution in [0.5, 0.6) is 0 Å². The normalized spacial score (nSPS) is 12.2. The summed E-state index contributed by atoms with van der Waals surface area (Å²) in [6, 6.07) is 1.31. The zero-order valence-corrected chi connectivity index (χ0v) is 6.77. The molecule has 0 bridgehead atoms. The molecule has 0 radical (unpaired) electrons. The van der Waals surface area contributed by atoms with Crippen LogP contribution in [-0.4, -0.2) is 9.97 Å². The lowest BCUT2D eigenvalue weighted by atomic mass is 10.2. The van der Waals surface area contributed by atoms with E-state index in [1.807, 2.05) is 0 Å². The maximum Gasteiger partial charge on any atom is 0.421 e. The van der Waals surface area contributed by atoms with Gasteiger partial charge in [0.25, 0.3) is 0 Å². The first-order chi connectivity index (χ1) is 6.50. The second-order valence-corrected chi connectivity index (χ2v) is 2.80. The summed E-state index contributed by atoms with van der Waals surface area (Å²) in [7, 11) is 0. The quantitative estimate of drug-likeness (QED) is 0.673. The maximum absolute atomic E-state index is 12.3. The molecular formula is C8H5F3N2O. The van der Waals surface area contributed by atoms with E-state index in [0.29, 0.717) is 11.8 Å². The Kier molecular flexibility index (Phi) is 1.67. The van der Waals surface area contributed by atoms with Crippen molar-refractivity contribution < 1.29 is 13.2 Å². The van der Waals surface area contributed by atoms with Crippen LogP contribution in [0.15, 0.2) is 23.3 Å². The monoisotopic (exact) mass is 202 g/mol. The van der Waals surface area contributed by atoms with Crippen molar-refractivity contribution >= 4 is 11.0 Å². The third kappa shape index (κ3) is 1.19. The molecule has 2 N–H and O–H groups in total. The van der Waals surface area contributed by atoms with Crippen molar-refractivity contribution in [3.8, 4) is 0 Å². The smallest absolute Gasteiger partial charge is 0.348 e. The maximum atomic E-state index is 12.3. The Morgan fingerprint density at radius 3 is 2.57 bits per heavy atom. The summed E-state index contributed by atoms with van der Waals surface area (Å²) in [4.78, 5) is 16.3. The Morgan fingerprint density at radius 1 is 1.21 bits per heavy atom. The number of alkyl halides is 3. The molecule has 0 saturated carbocycles. The summed E-state index contributed by atoms with van der Waals surface area (Å²) in [6.45, 7) is 0. The standard InChI is InChI=1S/C8H5F3N2O/c9-8(10,11)5-3-13-7-4(6(5)14)1-2-12-7/h1-3H,(H2,12,13,14). The molecule has 0 unspecified atom stereocenters. The van der Waals surface area contributed by atoms with Gasteiger partial charge in [-0.05, 0) is 6.07 Å². The molecule has 0 atom stereocenters. The molecule has 0 aliphatic heterocycles. The average Bonchev–Trinajstić information content (AvgIpc) is 2.50. The number of fused-ring (bicyclic) bond motifs is 1. The minimum Gasteiger partial charge on any atom is -0.348 e. The molecule has 0 saturated heterocycles. The Hall–Kier alpha value is -1.72. The van der Waals surface area contributed by atoms with Crippen LogP contribution >= 0.6 is 0 Å². The number of aromatic amines is 2. The molecule has 0 aromatic carbocycles. The Bertz CT molecular complexity index is 523. The number of nitrogens with one attached hydrogen (secondary N) is 2. The first kappa shape index (κ1) is 8.86. The van der Waals surface area contributed by atoms with E-state index in [0.717, 1.165) is 0 Å². The van der Waals surface area contributed by atoms with Crippen molar-refractivity contribution in [2.75, 3.05) is 0 Å². The predicted octanol–water partition coefficient (Wildman–Crippen LogP) is 1.87. The van der Waals surface area contributed by atoms with Gasteiger partial charge in [0.2, 0.25) is 5.43 Å². The average molecular weight is 202 g/mol. The summed E-state index contributed by atoms with van der Waals surface area (Å²) in [5.41, 5.74) is -1.89. The molecule has 0 aliphatic rings. The lowest BCUT2D eigenvalue weighted by Crippen LogP contribution is -2.19. The highest BCUT2D eigenvalue weighted by Gasteiger charge is 2.34. The van der Waals surface area contributed by atoms with Gasteiger partial charge in [-0.15, -0.1) is 0 Å². The van der Waals surface area contributed by atoms with Crippen LogP contribution in [0.25, 0.3) is 11.0 Å². The number of H-pyrrole nitrogens is 2. The van der Waals surface area contributed by atoms with Gasteiger partial charge in [0.15, 0.2) is 0 Å². The molecule has 2 rings (SSSR count). The molecule has 14 heavy (non-hydrogen) atoms. The molecule has 2 aromatic rings. The number of pyridine rings is 1. The van der Waals surface area contributed by atoms with E-state index in [9.17, 15) is 18.0 Å². The van der Waals surface area contributed by atoms with Crippen LogP contribution in [0, 0.1) is 0 Å². The molecule has 0 fully saturated rings. The van der Waals surface area contributed by atoms with Crippen LogP contribution in [0.4, 0.5) is 13.2 Å². The summed E-state index contributed by atoms with van der Waals surface area (Å²) < 4.78 is 36.8. The van der Waals surface area contributed by atoms with Crippen molar-refractivity contribution in [1.82, 2.24) is 9.97 Å². The van der Waals surface area contributed by atoms with Gasteiger partial charge in [0.05, 0.1) is 5.39 Å². The van der Waals surface area contributed by atoms with E-state index < -0.39 is 17.2 Å². The molecule has 0 spiro atoms. The van der Waals surface area contributed by atoms with E-state index in [-0.39, 0.29) is 5.39 Å². The molecule has 0 aliphatic carbocycles. The summed E-state index contributed by atoms with van der Waals surface area (Å²) in [5.74, 6) is 0. The fourth-order valence-corrected chi connectivity index (χ4v) is 1.24. The van der Waals surface area contributed by atoms with E-state index >= 15 is 0 Å². The van der Waals surface area contributed by atoms with Gasteiger partial charge in [0, 0.05) is 12.4 Å². The highest BCUT2D eigenvalue weighted by molar-refractivity contribution is 5.75. The van der Waals surface area contributed by atoms with E-state index in [1.165, 1.54) is 12.3 Å². The van der Waals surface area contributed by atoms with Gasteiger partial charge in [-0.1, -0.05) is 0 Å². The number of hydrogen-bond acceptors (Lipinski definition) is 1. The molecular weight excluding hydrogens is 197 g/mol. The topological polar surface area (TPSA) is 48.6 Å². The first-order valence-electron chi connectivity index (χ1n) is 3.76. The van der Waals surface area contributed by atoms with Gasteiger partial charge < -0.3 is 9.97 Å². The lowest BCUT2D eigenvalue weighted by Gasteiger charge is -2.04. The van der Waals surface area contributed by atoms with E-state index in [1.54, 1.807) is 0 Å². The molecule has 74 valence electrons. The first-order valence-corrected chi connectivity index (χ1v) is 3.76. The minimum atomic E-state index is -4.61. The van der Waals surface area contributed by atoms with Gasteiger partial charge in [-0.3, -0.25) is 4.79 Å². The molecule has 6 heteroatoms. The number of aromatic nitrogens is 2.